The lowest BCUT2D eigenvalue weighted by atomic mass is 10.1. The molecule has 2 amide bonds. The summed E-state index contributed by atoms with van der Waals surface area (Å²) in [5, 5.41) is 12.5. The number of amides is 2. The van der Waals surface area contributed by atoms with E-state index in [4.69, 9.17) is 4.74 Å². The molecular weight excluding hydrogens is 268 g/mol. The van der Waals surface area contributed by atoms with Crippen molar-refractivity contribution in [2.75, 3.05) is 18.9 Å². The zero-order valence-electron chi connectivity index (χ0n) is 13.5. The summed E-state index contributed by atoms with van der Waals surface area (Å²) in [6.07, 6.45) is 0.168. The average Bonchev–Trinajstić information content (AvgIpc) is 2.34. The molecule has 1 aromatic carbocycles. The molecule has 0 spiro atoms. The minimum Gasteiger partial charge on any atom is -0.389 e. The molecule has 118 valence electrons. The number of hydrogen-bond acceptors (Lipinski definition) is 3. The van der Waals surface area contributed by atoms with E-state index >= 15 is 0 Å². The Labute approximate surface area is 126 Å². The van der Waals surface area contributed by atoms with Gasteiger partial charge < -0.3 is 20.1 Å². The largest absolute Gasteiger partial charge is 0.389 e. The summed E-state index contributed by atoms with van der Waals surface area (Å²) in [5.74, 6) is 0. The van der Waals surface area contributed by atoms with E-state index in [9.17, 15) is 9.90 Å². The molecule has 0 aromatic heterocycles. The molecule has 5 nitrogen and oxygen atoms in total. The number of rotatable bonds is 6. The van der Waals surface area contributed by atoms with Gasteiger partial charge in [-0.05, 0) is 45.4 Å². The van der Waals surface area contributed by atoms with Gasteiger partial charge in [-0.2, -0.15) is 0 Å². The van der Waals surface area contributed by atoms with Crippen LogP contribution in [0.2, 0.25) is 0 Å². The fourth-order valence-corrected chi connectivity index (χ4v) is 1.87. The number of hydrogen-bond donors (Lipinski definition) is 2. The Morgan fingerprint density at radius 1 is 1.43 bits per heavy atom. The maximum Gasteiger partial charge on any atom is 0.321 e. The van der Waals surface area contributed by atoms with Gasteiger partial charge >= 0.3 is 6.03 Å². The highest BCUT2D eigenvalue weighted by molar-refractivity contribution is 5.89. The Morgan fingerprint density at radius 3 is 2.67 bits per heavy atom. The Balaban J connectivity index is 2.61. The van der Waals surface area contributed by atoms with Gasteiger partial charge in [0, 0.05) is 12.7 Å². The molecule has 0 heterocycles. The Kier molecular flexibility index (Phi) is 6.18. The molecule has 1 aromatic rings. The molecule has 1 rings (SSSR count). The molecular formula is C16H26N2O3. The topological polar surface area (TPSA) is 61.8 Å². The number of nitrogens with one attached hydrogen (secondary N) is 1. The zero-order valence-corrected chi connectivity index (χ0v) is 13.5. The molecule has 0 saturated carbocycles. The first kappa shape index (κ1) is 17.5. The highest BCUT2D eigenvalue weighted by atomic mass is 16.5. The first-order chi connectivity index (χ1) is 9.67. The number of nitrogens with zero attached hydrogens (tertiary/aromatic N) is 1. The van der Waals surface area contributed by atoms with Crippen LogP contribution in [0.1, 0.15) is 33.3 Å². The van der Waals surface area contributed by atoms with Crippen molar-refractivity contribution in [3.8, 4) is 0 Å². The van der Waals surface area contributed by atoms with E-state index in [-0.39, 0.29) is 18.7 Å². The van der Waals surface area contributed by atoms with Crippen LogP contribution in [-0.4, -0.2) is 41.3 Å². The molecule has 0 bridgehead atoms. The average molecular weight is 294 g/mol. The summed E-state index contributed by atoms with van der Waals surface area (Å²) in [5.41, 5.74) is 0.804. The third-order valence-corrected chi connectivity index (χ3v) is 2.73. The maximum atomic E-state index is 12.0. The standard InChI is InChI=1S/C16H26N2O3/c1-12(2)21-10-13-7-6-8-14(9-13)17-15(19)18(5)11-16(3,4)20/h6-9,12,20H,10-11H2,1-5H3,(H,17,19). The molecule has 0 atom stereocenters. The van der Waals surface area contributed by atoms with Crippen molar-refractivity contribution in [2.45, 2.75) is 46.0 Å². The highest BCUT2D eigenvalue weighted by Crippen LogP contribution is 2.13. The van der Waals surface area contributed by atoms with Crippen molar-refractivity contribution in [3.05, 3.63) is 29.8 Å². The Morgan fingerprint density at radius 2 is 2.10 bits per heavy atom. The second-order valence-corrected chi connectivity index (χ2v) is 6.16. The molecule has 0 saturated heterocycles. The van der Waals surface area contributed by atoms with Crippen LogP contribution in [0.4, 0.5) is 10.5 Å². The van der Waals surface area contributed by atoms with Crippen LogP contribution in [0, 0.1) is 0 Å². The lowest BCUT2D eigenvalue weighted by molar-refractivity contribution is 0.0550. The highest BCUT2D eigenvalue weighted by Gasteiger charge is 2.19. The van der Waals surface area contributed by atoms with Crippen LogP contribution in [0.15, 0.2) is 24.3 Å². The molecule has 5 heteroatoms. The summed E-state index contributed by atoms with van der Waals surface area (Å²) < 4.78 is 5.54. The Hall–Kier alpha value is -1.59. The number of carbonyl (C=O) groups is 1. The molecule has 0 unspecified atom stereocenters. The summed E-state index contributed by atoms with van der Waals surface area (Å²) in [6, 6.07) is 7.30. The van der Waals surface area contributed by atoms with Crippen LogP contribution in [0.25, 0.3) is 0 Å². The first-order valence-corrected chi connectivity index (χ1v) is 7.12. The monoisotopic (exact) mass is 294 g/mol. The molecule has 2 N–H and O–H groups in total. The van der Waals surface area contributed by atoms with Gasteiger partial charge in [-0.3, -0.25) is 0 Å². The molecule has 21 heavy (non-hydrogen) atoms. The van der Waals surface area contributed by atoms with Crippen molar-refractivity contribution in [2.24, 2.45) is 0 Å². The molecule has 0 aliphatic heterocycles. The minimum absolute atomic E-state index is 0.168. The van der Waals surface area contributed by atoms with E-state index in [1.54, 1.807) is 20.9 Å². The van der Waals surface area contributed by atoms with Crippen molar-refractivity contribution < 1.29 is 14.6 Å². The predicted molar refractivity (Wildman–Crippen MR) is 84.3 cm³/mol. The molecule has 0 fully saturated rings. The number of anilines is 1. The van der Waals surface area contributed by atoms with Gasteiger partial charge in [0.25, 0.3) is 0 Å². The number of benzene rings is 1. The number of urea groups is 1. The minimum atomic E-state index is -0.918. The fraction of sp³-hybridized carbons (Fsp3) is 0.562. The maximum absolute atomic E-state index is 12.0. The molecule has 0 aliphatic rings. The van der Waals surface area contributed by atoms with Gasteiger partial charge in [-0.25, -0.2) is 4.79 Å². The van der Waals surface area contributed by atoms with E-state index < -0.39 is 5.60 Å². The van der Waals surface area contributed by atoms with Gasteiger partial charge in [-0.1, -0.05) is 12.1 Å². The van der Waals surface area contributed by atoms with E-state index in [0.29, 0.717) is 12.3 Å². The van der Waals surface area contributed by atoms with Crippen LogP contribution in [0.5, 0.6) is 0 Å². The van der Waals surface area contributed by atoms with E-state index in [0.717, 1.165) is 5.56 Å². The number of likely N-dealkylation sites (N-methyl/N-ethyl adjacent to an activating group) is 1. The van der Waals surface area contributed by atoms with Gasteiger partial charge in [0.15, 0.2) is 0 Å². The number of ether oxygens (including phenoxy) is 1. The lowest BCUT2D eigenvalue weighted by Gasteiger charge is -2.25. The second-order valence-electron chi connectivity index (χ2n) is 6.16. The summed E-state index contributed by atoms with van der Waals surface area (Å²) in [7, 11) is 1.65. The second kappa shape index (κ2) is 7.43. The van der Waals surface area contributed by atoms with Crippen molar-refractivity contribution in [3.63, 3.8) is 0 Å². The van der Waals surface area contributed by atoms with Gasteiger partial charge in [0.1, 0.15) is 0 Å². The quantitative estimate of drug-likeness (QED) is 0.848. The third-order valence-electron chi connectivity index (χ3n) is 2.73. The lowest BCUT2D eigenvalue weighted by Crippen LogP contribution is -2.41. The zero-order chi connectivity index (χ0) is 16.0. The van der Waals surface area contributed by atoms with Crippen molar-refractivity contribution in [1.29, 1.82) is 0 Å². The van der Waals surface area contributed by atoms with Crippen molar-refractivity contribution in [1.82, 2.24) is 4.90 Å². The van der Waals surface area contributed by atoms with E-state index in [1.807, 2.05) is 38.1 Å². The van der Waals surface area contributed by atoms with Crippen LogP contribution >= 0.6 is 0 Å². The van der Waals surface area contributed by atoms with Gasteiger partial charge in [0.2, 0.25) is 0 Å². The SMILES string of the molecule is CC(C)OCc1cccc(NC(=O)N(C)CC(C)(C)O)c1. The Bertz CT molecular complexity index is 467. The van der Waals surface area contributed by atoms with E-state index in [1.165, 1.54) is 4.90 Å². The summed E-state index contributed by atoms with van der Waals surface area (Å²) >= 11 is 0. The van der Waals surface area contributed by atoms with Crippen molar-refractivity contribution >= 4 is 11.7 Å². The molecule has 0 radical (unpaired) electrons. The number of aliphatic hydroxyl groups is 1. The first-order valence-electron chi connectivity index (χ1n) is 7.12. The smallest absolute Gasteiger partial charge is 0.321 e. The fourth-order valence-electron chi connectivity index (χ4n) is 1.87. The van der Waals surface area contributed by atoms with Gasteiger partial charge in [0.05, 0.1) is 24.9 Å². The van der Waals surface area contributed by atoms with E-state index in [2.05, 4.69) is 5.32 Å². The van der Waals surface area contributed by atoms with Crippen LogP contribution in [0.3, 0.4) is 0 Å². The van der Waals surface area contributed by atoms with Crippen LogP contribution in [-0.2, 0) is 11.3 Å². The normalized spacial score (nSPS) is 11.6. The third kappa shape index (κ3) is 7.11. The molecule has 0 aliphatic carbocycles. The predicted octanol–water partition coefficient (Wildman–Crippen LogP) is 2.85. The van der Waals surface area contributed by atoms with Crippen LogP contribution < -0.4 is 5.32 Å². The number of carbonyl (C=O) groups excluding carboxylic acids is 1. The summed E-state index contributed by atoms with van der Waals surface area (Å²) in [4.78, 5) is 13.5. The van der Waals surface area contributed by atoms with Gasteiger partial charge in [-0.15, -0.1) is 0 Å². The summed E-state index contributed by atoms with van der Waals surface area (Å²) in [6.45, 7) is 8.08.